The van der Waals surface area contributed by atoms with Gasteiger partial charge in [-0.15, -0.1) is 0 Å². The molecular formula is C19H21BrN2O. The molecular weight excluding hydrogens is 352 g/mol. The molecule has 1 aliphatic rings. The predicted octanol–water partition coefficient (Wildman–Crippen LogP) is 4.32. The maximum atomic E-state index is 12.7. The van der Waals surface area contributed by atoms with Crippen molar-refractivity contribution in [3.8, 4) is 0 Å². The third kappa shape index (κ3) is 3.81. The number of carbonyl (C=O) groups excluding carboxylic acids is 1. The zero-order chi connectivity index (χ0) is 16.2. The smallest absolute Gasteiger partial charge is 0.232 e. The summed E-state index contributed by atoms with van der Waals surface area (Å²) in [6, 6.07) is 10.3. The Hall–Kier alpha value is -1.68. The number of aryl methyl sites for hydroxylation is 2. The molecule has 0 saturated carbocycles. The van der Waals surface area contributed by atoms with Gasteiger partial charge in [0.15, 0.2) is 0 Å². The van der Waals surface area contributed by atoms with Crippen molar-refractivity contribution in [1.82, 2.24) is 4.98 Å². The number of hydrogen-bond donors (Lipinski definition) is 0. The van der Waals surface area contributed by atoms with Gasteiger partial charge < -0.3 is 0 Å². The second-order valence-electron chi connectivity index (χ2n) is 5.96. The number of anilines is 1. The topological polar surface area (TPSA) is 33.2 Å². The predicted molar refractivity (Wildman–Crippen MR) is 96.8 cm³/mol. The fraction of sp³-hybridized carbons (Fsp3) is 0.368. The number of fused-ring (bicyclic) bond motifs is 1. The number of amides is 1. The van der Waals surface area contributed by atoms with Crippen molar-refractivity contribution in [2.24, 2.45) is 0 Å². The minimum Gasteiger partial charge on any atom is -0.297 e. The van der Waals surface area contributed by atoms with Crippen molar-refractivity contribution in [2.45, 2.75) is 39.0 Å². The standard InChI is InChI=1S/C19H21BrN2O/c1-2-22(18-10-9-17(20)13-21-18)19(23)12-14-7-8-15-5-3-4-6-16(15)11-14/h7-11,13H,2-6,12H2,1H3. The van der Waals surface area contributed by atoms with Gasteiger partial charge in [-0.2, -0.15) is 0 Å². The molecule has 1 aromatic carbocycles. The van der Waals surface area contributed by atoms with Crippen molar-refractivity contribution in [1.29, 1.82) is 0 Å². The monoisotopic (exact) mass is 372 g/mol. The van der Waals surface area contributed by atoms with E-state index in [1.165, 1.54) is 30.4 Å². The van der Waals surface area contributed by atoms with E-state index in [1.54, 1.807) is 11.1 Å². The van der Waals surface area contributed by atoms with Gasteiger partial charge in [-0.05, 0) is 77.4 Å². The van der Waals surface area contributed by atoms with Gasteiger partial charge in [0.1, 0.15) is 5.82 Å². The van der Waals surface area contributed by atoms with Crippen LogP contribution in [0, 0.1) is 0 Å². The van der Waals surface area contributed by atoms with E-state index in [9.17, 15) is 4.79 Å². The van der Waals surface area contributed by atoms with Crippen LogP contribution in [0.4, 0.5) is 5.82 Å². The molecule has 1 heterocycles. The highest BCUT2D eigenvalue weighted by Gasteiger charge is 2.17. The number of pyridine rings is 1. The van der Waals surface area contributed by atoms with E-state index < -0.39 is 0 Å². The van der Waals surface area contributed by atoms with Gasteiger partial charge in [0.25, 0.3) is 0 Å². The van der Waals surface area contributed by atoms with Crippen LogP contribution in [0.3, 0.4) is 0 Å². The lowest BCUT2D eigenvalue weighted by Crippen LogP contribution is -2.32. The Kier molecular flexibility index (Phi) is 5.11. The molecule has 1 amide bonds. The summed E-state index contributed by atoms with van der Waals surface area (Å²) in [7, 11) is 0. The van der Waals surface area contributed by atoms with Gasteiger partial charge in [0.05, 0.1) is 6.42 Å². The quantitative estimate of drug-likeness (QED) is 0.800. The summed E-state index contributed by atoms with van der Waals surface area (Å²) in [6.07, 6.45) is 7.01. The van der Waals surface area contributed by atoms with Crippen LogP contribution in [-0.2, 0) is 24.1 Å². The number of likely N-dealkylation sites (N-methyl/N-ethyl adjacent to an activating group) is 1. The Morgan fingerprint density at radius 1 is 1.17 bits per heavy atom. The van der Waals surface area contributed by atoms with Crippen LogP contribution in [0.5, 0.6) is 0 Å². The van der Waals surface area contributed by atoms with Crippen LogP contribution < -0.4 is 4.90 Å². The largest absolute Gasteiger partial charge is 0.297 e. The van der Waals surface area contributed by atoms with Crippen LogP contribution in [0.15, 0.2) is 41.0 Å². The Labute approximate surface area is 145 Å². The Morgan fingerprint density at radius 3 is 2.65 bits per heavy atom. The highest BCUT2D eigenvalue weighted by Crippen LogP contribution is 2.23. The molecule has 0 aliphatic heterocycles. The van der Waals surface area contributed by atoms with Crippen molar-refractivity contribution in [2.75, 3.05) is 11.4 Å². The molecule has 120 valence electrons. The van der Waals surface area contributed by atoms with E-state index in [0.29, 0.717) is 18.8 Å². The molecule has 1 aliphatic carbocycles. The van der Waals surface area contributed by atoms with Crippen molar-refractivity contribution >= 4 is 27.7 Å². The first-order valence-electron chi connectivity index (χ1n) is 8.20. The second kappa shape index (κ2) is 7.26. The van der Waals surface area contributed by atoms with Gasteiger partial charge in [0.2, 0.25) is 5.91 Å². The molecule has 0 unspecified atom stereocenters. The molecule has 4 heteroatoms. The number of halogens is 1. The molecule has 2 aromatic rings. The van der Waals surface area contributed by atoms with E-state index in [-0.39, 0.29) is 5.91 Å². The summed E-state index contributed by atoms with van der Waals surface area (Å²) in [4.78, 5) is 18.8. The summed E-state index contributed by atoms with van der Waals surface area (Å²) in [5.41, 5.74) is 3.98. The molecule has 3 nitrogen and oxygen atoms in total. The summed E-state index contributed by atoms with van der Waals surface area (Å²) < 4.78 is 0.916. The number of hydrogen-bond acceptors (Lipinski definition) is 2. The summed E-state index contributed by atoms with van der Waals surface area (Å²) in [5, 5.41) is 0. The normalized spacial score (nSPS) is 13.5. The molecule has 0 fully saturated rings. The zero-order valence-corrected chi connectivity index (χ0v) is 15.0. The number of benzene rings is 1. The van der Waals surface area contributed by atoms with Crippen LogP contribution in [-0.4, -0.2) is 17.4 Å². The molecule has 0 radical (unpaired) electrons. The van der Waals surface area contributed by atoms with Gasteiger partial charge in [-0.3, -0.25) is 9.69 Å². The first-order valence-corrected chi connectivity index (χ1v) is 8.99. The van der Waals surface area contributed by atoms with E-state index in [4.69, 9.17) is 0 Å². The van der Waals surface area contributed by atoms with E-state index >= 15 is 0 Å². The number of aromatic nitrogens is 1. The van der Waals surface area contributed by atoms with Gasteiger partial charge in [-0.1, -0.05) is 18.2 Å². The Balaban J connectivity index is 1.75. The van der Waals surface area contributed by atoms with Crippen LogP contribution >= 0.6 is 15.9 Å². The molecule has 0 atom stereocenters. The SMILES string of the molecule is CCN(C(=O)Cc1ccc2c(c1)CCCC2)c1ccc(Br)cn1. The summed E-state index contributed by atoms with van der Waals surface area (Å²) in [5.74, 6) is 0.803. The van der Waals surface area contributed by atoms with E-state index in [2.05, 4.69) is 39.1 Å². The fourth-order valence-electron chi connectivity index (χ4n) is 3.16. The highest BCUT2D eigenvalue weighted by atomic mass is 79.9. The summed E-state index contributed by atoms with van der Waals surface area (Å²) in [6.45, 7) is 2.60. The molecule has 1 aromatic heterocycles. The van der Waals surface area contributed by atoms with Crippen molar-refractivity contribution < 1.29 is 4.79 Å². The molecule has 0 spiro atoms. The lowest BCUT2D eigenvalue weighted by Gasteiger charge is -2.21. The molecule has 0 N–H and O–H groups in total. The zero-order valence-electron chi connectivity index (χ0n) is 13.4. The number of nitrogens with zero attached hydrogens (tertiary/aromatic N) is 2. The average molecular weight is 373 g/mol. The minimum absolute atomic E-state index is 0.0954. The number of rotatable bonds is 4. The van der Waals surface area contributed by atoms with E-state index in [0.717, 1.165) is 16.5 Å². The minimum atomic E-state index is 0.0954. The first-order chi connectivity index (χ1) is 11.2. The Morgan fingerprint density at radius 2 is 1.96 bits per heavy atom. The third-order valence-electron chi connectivity index (χ3n) is 4.37. The molecule has 23 heavy (non-hydrogen) atoms. The second-order valence-corrected chi connectivity index (χ2v) is 6.88. The van der Waals surface area contributed by atoms with Crippen molar-refractivity contribution in [3.05, 3.63) is 57.7 Å². The van der Waals surface area contributed by atoms with Crippen molar-refractivity contribution in [3.63, 3.8) is 0 Å². The lowest BCUT2D eigenvalue weighted by molar-refractivity contribution is -0.118. The average Bonchev–Trinajstić information content (AvgIpc) is 2.57. The molecule has 0 bridgehead atoms. The lowest BCUT2D eigenvalue weighted by atomic mass is 9.90. The number of carbonyl (C=O) groups is 1. The van der Waals surface area contributed by atoms with Crippen LogP contribution in [0.25, 0.3) is 0 Å². The van der Waals surface area contributed by atoms with Crippen LogP contribution in [0.2, 0.25) is 0 Å². The van der Waals surface area contributed by atoms with Gasteiger partial charge in [-0.25, -0.2) is 4.98 Å². The Bertz CT molecular complexity index is 697. The maximum absolute atomic E-state index is 12.7. The first kappa shape index (κ1) is 16.2. The van der Waals surface area contributed by atoms with E-state index in [1.807, 2.05) is 19.1 Å². The maximum Gasteiger partial charge on any atom is 0.232 e. The fourth-order valence-corrected chi connectivity index (χ4v) is 3.40. The third-order valence-corrected chi connectivity index (χ3v) is 4.84. The van der Waals surface area contributed by atoms with Gasteiger partial charge >= 0.3 is 0 Å². The highest BCUT2D eigenvalue weighted by molar-refractivity contribution is 9.10. The van der Waals surface area contributed by atoms with Gasteiger partial charge in [0, 0.05) is 17.2 Å². The van der Waals surface area contributed by atoms with Crippen LogP contribution in [0.1, 0.15) is 36.5 Å². The summed E-state index contributed by atoms with van der Waals surface area (Å²) >= 11 is 3.38. The molecule has 0 saturated heterocycles. The molecule has 3 rings (SSSR count).